The first kappa shape index (κ1) is 12.6. The SMILES string of the molecule is Cc1nn(C)cc1C(CN)NCCC1CCC1. The Morgan fingerprint density at radius 1 is 1.59 bits per heavy atom. The van der Waals surface area contributed by atoms with Gasteiger partial charge in [-0.25, -0.2) is 0 Å². The molecule has 0 saturated heterocycles. The molecule has 1 fully saturated rings. The van der Waals surface area contributed by atoms with Crippen molar-refractivity contribution in [2.45, 2.75) is 38.6 Å². The Kier molecular flexibility index (Phi) is 4.18. The second kappa shape index (κ2) is 5.65. The Morgan fingerprint density at radius 3 is 2.82 bits per heavy atom. The fourth-order valence-electron chi connectivity index (χ4n) is 2.52. The lowest BCUT2D eigenvalue weighted by Gasteiger charge is -2.26. The first-order valence-electron chi connectivity index (χ1n) is 6.64. The molecule has 17 heavy (non-hydrogen) atoms. The molecule has 96 valence electrons. The van der Waals surface area contributed by atoms with Gasteiger partial charge in [-0.15, -0.1) is 0 Å². The van der Waals surface area contributed by atoms with Crippen LogP contribution in [0.2, 0.25) is 0 Å². The van der Waals surface area contributed by atoms with Crippen molar-refractivity contribution in [3.05, 3.63) is 17.5 Å². The van der Waals surface area contributed by atoms with Gasteiger partial charge in [-0.1, -0.05) is 19.3 Å². The predicted octanol–water partition coefficient (Wildman–Crippen LogP) is 1.51. The summed E-state index contributed by atoms with van der Waals surface area (Å²) < 4.78 is 1.86. The smallest absolute Gasteiger partial charge is 0.0641 e. The van der Waals surface area contributed by atoms with E-state index in [-0.39, 0.29) is 6.04 Å². The third kappa shape index (κ3) is 3.07. The van der Waals surface area contributed by atoms with Crippen molar-refractivity contribution in [3.63, 3.8) is 0 Å². The molecular weight excluding hydrogens is 212 g/mol. The maximum absolute atomic E-state index is 5.85. The van der Waals surface area contributed by atoms with Crippen molar-refractivity contribution in [3.8, 4) is 0 Å². The van der Waals surface area contributed by atoms with Gasteiger partial charge in [0.25, 0.3) is 0 Å². The lowest BCUT2D eigenvalue weighted by Crippen LogP contribution is -2.31. The van der Waals surface area contributed by atoms with E-state index in [0.717, 1.165) is 18.2 Å². The van der Waals surface area contributed by atoms with Crippen molar-refractivity contribution in [1.29, 1.82) is 0 Å². The molecule has 0 aliphatic heterocycles. The Labute approximate surface area is 104 Å². The minimum absolute atomic E-state index is 0.253. The van der Waals surface area contributed by atoms with Crippen LogP contribution in [0, 0.1) is 12.8 Å². The highest BCUT2D eigenvalue weighted by molar-refractivity contribution is 5.20. The average Bonchev–Trinajstić information content (AvgIpc) is 2.55. The van der Waals surface area contributed by atoms with Gasteiger partial charge in [0.1, 0.15) is 0 Å². The number of aromatic nitrogens is 2. The topological polar surface area (TPSA) is 55.9 Å². The van der Waals surface area contributed by atoms with Crippen molar-refractivity contribution < 1.29 is 0 Å². The fourth-order valence-corrected chi connectivity index (χ4v) is 2.52. The first-order valence-corrected chi connectivity index (χ1v) is 6.64. The molecule has 4 heteroatoms. The number of nitrogens with zero attached hydrogens (tertiary/aromatic N) is 2. The summed E-state index contributed by atoms with van der Waals surface area (Å²) in [6.45, 7) is 3.75. The summed E-state index contributed by atoms with van der Waals surface area (Å²) in [4.78, 5) is 0. The molecule has 1 atom stereocenters. The van der Waals surface area contributed by atoms with E-state index in [4.69, 9.17) is 5.73 Å². The summed E-state index contributed by atoms with van der Waals surface area (Å²) in [5, 5.41) is 7.93. The normalized spacial score (nSPS) is 18.1. The van der Waals surface area contributed by atoms with Crippen LogP contribution in [-0.2, 0) is 7.05 Å². The molecule has 0 bridgehead atoms. The third-order valence-electron chi connectivity index (χ3n) is 3.83. The molecule has 1 aromatic rings. The third-order valence-corrected chi connectivity index (χ3v) is 3.83. The van der Waals surface area contributed by atoms with Gasteiger partial charge in [-0.05, 0) is 25.8 Å². The summed E-state index contributed by atoms with van der Waals surface area (Å²) in [5.41, 5.74) is 8.17. The van der Waals surface area contributed by atoms with Crippen LogP contribution >= 0.6 is 0 Å². The number of rotatable bonds is 6. The molecule has 0 spiro atoms. The molecule has 3 N–H and O–H groups in total. The van der Waals surface area contributed by atoms with Crippen molar-refractivity contribution in [1.82, 2.24) is 15.1 Å². The fraction of sp³-hybridized carbons (Fsp3) is 0.769. The van der Waals surface area contributed by atoms with Gasteiger partial charge < -0.3 is 11.1 Å². The van der Waals surface area contributed by atoms with E-state index in [2.05, 4.69) is 16.6 Å². The summed E-state index contributed by atoms with van der Waals surface area (Å²) in [6.07, 6.45) is 7.62. The van der Waals surface area contributed by atoms with E-state index in [1.54, 1.807) is 0 Å². The molecule has 0 amide bonds. The average molecular weight is 236 g/mol. The molecule has 1 aliphatic rings. The minimum atomic E-state index is 0.253. The molecule has 0 radical (unpaired) electrons. The van der Waals surface area contributed by atoms with E-state index in [1.165, 1.54) is 31.2 Å². The highest BCUT2D eigenvalue weighted by atomic mass is 15.3. The van der Waals surface area contributed by atoms with Crippen LogP contribution in [0.25, 0.3) is 0 Å². The highest BCUT2D eigenvalue weighted by Gasteiger charge is 2.18. The summed E-state index contributed by atoms with van der Waals surface area (Å²) >= 11 is 0. The number of hydrogen-bond donors (Lipinski definition) is 2. The van der Waals surface area contributed by atoms with Crippen LogP contribution in [0.1, 0.15) is 43.0 Å². The molecule has 2 rings (SSSR count). The Balaban J connectivity index is 1.84. The van der Waals surface area contributed by atoms with Crippen LogP contribution < -0.4 is 11.1 Å². The number of nitrogens with two attached hydrogens (primary N) is 1. The summed E-state index contributed by atoms with van der Waals surface area (Å²) in [7, 11) is 1.96. The van der Waals surface area contributed by atoms with Gasteiger partial charge in [0.15, 0.2) is 0 Å². The zero-order chi connectivity index (χ0) is 12.3. The number of nitrogens with one attached hydrogen (secondary N) is 1. The molecular formula is C13H24N4. The van der Waals surface area contributed by atoms with E-state index in [9.17, 15) is 0 Å². The molecule has 1 aromatic heterocycles. The number of aryl methyl sites for hydroxylation is 2. The zero-order valence-electron chi connectivity index (χ0n) is 10.9. The monoisotopic (exact) mass is 236 g/mol. The van der Waals surface area contributed by atoms with Crippen LogP contribution in [-0.4, -0.2) is 22.9 Å². The predicted molar refractivity (Wildman–Crippen MR) is 69.7 cm³/mol. The second-order valence-electron chi connectivity index (χ2n) is 5.17. The Bertz CT molecular complexity index is 354. The summed E-state index contributed by atoms with van der Waals surface area (Å²) in [6, 6.07) is 0.253. The van der Waals surface area contributed by atoms with E-state index in [1.807, 2.05) is 18.7 Å². The maximum Gasteiger partial charge on any atom is 0.0641 e. The Morgan fingerprint density at radius 2 is 2.35 bits per heavy atom. The van der Waals surface area contributed by atoms with Gasteiger partial charge in [0, 0.05) is 31.4 Å². The van der Waals surface area contributed by atoms with Gasteiger partial charge >= 0.3 is 0 Å². The van der Waals surface area contributed by atoms with Gasteiger partial charge in [0.05, 0.1) is 5.69 Å². The van der Waals surface area contributed by atoms with Crippen LogP contribution in [0.4, 0.5) is 0 Å². The summed E-state index contributed by atoms with van der Waals surface area (Å²) in [5.74, 6) is 0.955. The molecule has 1 unspecified atom stereocenters. The molecule has 0 aromatic carbocycles. The molecule has 1 aliphatic carbocycles. The number of hydrogen-bond acceptors (Lipinski definition) is 3. The van der Waals surface area contributed by atoms with Gasteiger partial charge in [-0.2, -0.15) is 5.10 Å². The molecule has 4 nitrogen and oxygen atoms in total. The van der Waals surface area contributed by atoms with Crippen LogP contribution in [0.3, 0.4) is 0 Å². The van der Waals surface area contributed by atoms with Gasteiger partial charge in [0.2, 0.25) is 0 Å². The van der Waals surface area contributed by atoms with Crippen molar-refractivity contribution in [2.24, 2.45) is 18.7 Å². The Hall–Kier alpha value is -0.870. The largest absolute Gasteiger partial charge is 0.329 e. The van der Waals surface area contributed by atoms with Crippen LogP contribution in [0.15, 0.2) is 6.20 Å². The van der Waals surface area contributed by atoms with E-state index >= 15 is 0 Å². The first-order chi connectivity index (χ1) is 8.20. The lowest BCUT2D eigenvalue weighted by atomic mass is 9.83. The van der Waals surface area contributed by atoms with Gasteiger partial charge in [-0.3, -0.25) is 4.68 Å². The van der Waals surface area contributed by atoms with E-state index in [0.29, 0.717) is 6.54 Å². The van der Waals surface area contributed by atoms with Crippen molar-refractivity contribution in [2.75, 3.05) is 13.1 Å². The molecule has 1 heterocycles. The zero-order valence-corrected chi connectivity index (χ0v) is 10.9. The molecule has 1 saturated carbocycles. The maximum atomic E-state index is 5.85. The van der Waals surface area contributed by atoms with Crippen LogP contribution in [0.5, 0.6) is 0 Å². The quantitative estimate of drug-likeness (QED) is 0.787. The standard InChI is InChI=1S/C13H24N4/c1-10-12(9-17(2)16-10)13(8-14)15-7-6-11-4-3-5-11/h9,11,13,15H,3-8,14H2,1-2H3. The second-order valence-corrected chi connectivity index (χ2v) is 5.17. The lowest BCUT2D eigenvalue weighted by molar-refractivity contribution is 0.288. The van der Waals surface area contributed by atoms with E-state index < -0.39 is 0 Å². The minimum Gasteiger partial charge on any atom is -0.329 e. The van der Waals surface area contributed by atoms with Crippen molar-refractivity contribution >= 4 is 0 Å². The highest BCUT2D eigenvalue weighted by Crippen LogP contribution is 2.29.